The molecule has 0 fully saturated rings. The van der Waals surface area contributed by atoms with Gasteiger partial charge in [0.25, 0.3) is 16.9 Å². The molecular formula is C50H57Cl4N8O23PW4. The number of anilines is 1. The zero-order chi connectivity index (χ0) is 66.2. The number of ether oxygens (including phenoxy) is 8. The smallest absolute Gasteiger partial charge is 0.345 e. The Kier molecular flexibility index (Phi) is 48.2. The molecule has 0 aliphatic carbocycles. The van der Waals surface area contributed by atoms with E-state index < -0.39 is 49.9 Å². The quantitative estimate of drug-likeness (QED) is 0.00778. The second-order valence-electron chi connectivity index (χ2n) is 14.7. The number of aromatic amines is 1. The van der Waals surface area contributed by atoms with Crippen LogP contribution in [0, 0.1) is 20.2 Å². The van der Waals surface area contributed by atoms with E-state index in [1.165, 1.54) is 85.6 Å². The van der Waals surface area contributed by atoms with Crippen molar-refractivity contribution < 1.29 is 181 Å². The van der Waals surface area contributed by atoms with Gasteiger partial charge in [-0.1, -0.05) is 25.4 Å². The number of nitrogens with two attached hydrogens (primary N) is 2. The molecule has 0 spiro atoms. The summed E-state index contributed by atoms with van der Waals surface area (Å²) in [4.78, 5) is 87.5. The first-order valence-electron chi connectivity index (χ1n) is 23.4. The first-order valence-corrected chi connectivity index (χ1v) is 28.2. The number of hydrogen-bond acceptors (Lipinski definition) is 26. The Labute approximate surface area is 588 Å². The van der Waals surface area contributed by atoms with Gasteiger partial charge in [-0.05, 0) is 59.7 Å². The third kappa shape index (κ3) is 30.3. The van der Waals surface area contributed by atoms with E-state index in [-0.39, 0.29) is 172 Å². The van der Waals surface area contributed by atoms with E-state index in [4.69, 9.17) is 60.4 Å². The van der Waals surface area contributed by atoms with E-state index >= 15 is 0 Å². The van der Waals surface area contributed by atoms with Gasteiger partial charge in [0.05, 0.1) is 112 Å². The number of nitrogens with one attached hydrogen (secondary N) is 1. The summed E-state index contributed by atoms with van der Waals surface area (Å²) in [6.07, 6.45) is 2.92. The molecule has 40 heteroatoms. The van der Waals surface area contributed by atoms with E-state index in [0.717, 1.165) is 24.3 Å². The number of primary amides is 1. The zero-order valence-electron chi connectivity index (χ0n) is 48.5. The number of benzene rings is 5. The molecule has 7 aromatic rings. The van der Waals surface area contributed by atoms with Crippen LogP contribution in [0.1, 0.15) is 58.8 Å². The van der Waals surface area contributed by atoms with Gasteiger partial charge in [0.2, 0.25) is 6.41 Å². The summed E-state index contributed by atoms with van der Waals surface area (Å²) in [6.45, 7) is 7.61. The summed E-state index contributed by atoms with van der Waals surface area (Å²) < 4.78 is 48.0. The van der Waals surface area contributed by atoms with Gasteiger partial charge in [0.1, 0.15) is 22.6 Å². The van der Waals surface area contributed by atoms with Gasteiger partial charge in [-0.2, -0.15) is 0 Å². The van der Waals surface area contributed by atoms with Crippen molar-refractivity contribution in [1.29, 1.82) is 0 Å². The normalized spacial score (nSPS) is 9.27. The van der Waals surface area contributed by atoms with Crippen molar-refractivity contribution in [3.8, 4) is 57.5 Å². The predicted octanol–water partition coefficient (Wildman–Crippen LogP) is 9.52. The second kappa shape index (κ2) is 47.2. The number of phenolic OH excluding ortho intramolecular Hbond substituents is 4. The number of rotatable bonds is 13. The molecule has 0 saturated carbocycles. The van der Waals surface area contributed by atoms with Crippen molar-refractivity contribution >= 4 is 114 Å². The van der Waals surface area contributed by atoms with Crippen LogP contribution < -0.4 is 45.4 Å². The minimum Gasteiger partial charge on any atom is -0.504 e. The standard InChI is InChI=1S/C10H11NO6.C10H13NO4.C9H7ClN2O2.C9H8N2O3.C9H9NO6.C2H6.CH3NO.Cl3OP.4W/c1-3-17-10(13)6-4-8(12)9(16-2)5-7(6)11(14)15;1-3-15-10(13)6-4-8(12)9(14-2)5-7(6)11;1-14-8-3-6-5(2-7(8)13)9(10)12-4-11-6;1-14-8-3-6-5(2-7(8)12)9(13)11-4-10-6;1-15-7-3-5(9(11)12)6(10(13)14)4-8(7)16-2;1-2;2-1-3;1-5(2,3)4;;;;/h4-5,12H,3H2,1-2H3;4-5,12H,3,11H2,1-2H3;2-4,13H,1H3;2-4,12H,1H3,(H,10,11,13);3-4H,1-2H3,(H,11,12);1-2H3;1H,(H2,2,3);;;;;. The number of halogens is 4. The van der Waals surface area contributed by atoms with E-state index in [1.54, 1.807) is 19.9 Å². The molecule has 7 rings (SSSR count). The number of hydrogen-bond donors (Lipinski definition) is 8. The minimum absolute atomic E-state index is 0. The third-order valence-electron chi connectivity index (χ3n) is 9.59. The van der Waals surface area contributed by atoms with Gasteiger partial charge < -0.3 is 79.9 Å². The fourth-order valence-electron chi connectivity index (χ4n) is 6.02. The molecule has 2 heterocycles. The number of carboxylic acid groups (broad SMARTS) is 1. The van der Waals surface area contributed by atoms with E-state index in [9.17, 15) is 64.4 Å². The molecule has 31 nitrogen and oxygen atoms in total. The van der Waals surface area contributed by atoms with Gasteiger partial charge in [0, 0.05) is 126 Å². The topological polar surface area (TPSA) is 470 Å². The number of phenols is 4. The number of nitrogens with zero attached hydrogens (tertiary/aromatic N) is 5. The fourth-order valence-corrected chi connectivity index (χ4v) is 6.22. The monoisotopic (exact) mass is 2040 g/mol. The molecule has 492 valence electrons. The Morgan fingerprint density at radius 2 is 0.944 bits per heavy atom. The number of amides is 1. The largest absolute Gasteiger partial charge is 0.504 e. The van der Waals surface area contributed by atoms with Crippen molar-refractivity contribution in [2.24, 2.45) is 5.73 Å². The number of aromatic nitrogens is 4. The molecular weight excluding hydrogens is 1990 g/mol. The third-order valence-corrected chi connectivity index (χ3v) is 9.89. The molecule has 10 N–H and O–H groups in total. The first kappa shape index (κ1) is 91.9. The van der Waals surface area contributed by atoms with Crippen LogP contribution in [0.3, 0.4) is 0 Å². The van der Waals surface area contributed by atoms with Crippen LogP contribution in [0.4, 0.5) is 17.1 Å². The number of carboxylic acids is 1. The van der Waals surface area contributed by atoms with Gasteiger partial charge in [0.15, 0.2) is 57.5 Å². The van der Waals surface area contributed by atoms with Crippen molar-refractivity contribution in [3.63, 3.8) is 0 Å². The van der Waals surface area contributed by atoms with Crippen LogP contribution >= 0.6 is 50.5 Å². The van der Waals surface area contributed by atoms with Crippen LogP contribution in [-0.2, 0) is 103 Å². The summed E-state index contributed by atoms with van der Waals surface area (Å²) in [5.41, 5.74) is 9.20. The van der Waals surface area contributed by atoms with Crippen molar-refractivity contribution in [2.75, 3.05) is 61.6 Å². The van der Waals surface area contributed by atoms with Crippen molar-refractivity contribution in [3.05, 3.63) is 126 Å². The molecule has 5 aromatic carbocycles. The molecule has 2 aromatic heterocycles. The molecule has 0 bridgehead atoms. The Balaban J connectivity index is -0.000000319. The summed E-state index contributed by atoms with van der Waals surface area (Å²) in [6, 6.07) is 12.5. The van der Waals surface area contributed by atoms with Gasteiger partial charge >= 0.3 is 23.1 Å². The van der Waals surface area contributed by atoms with Gasteiger partial charge in [-0.15, -0.1) is 0 Å². The number of esters is 2. The molecule has 0 unspecified atom stereocenters. The number of nitrogen functional groups attached to an aromatic ring is 1. The number of aromatic hydroxyl groups is 4. The average Bonchev–Trinajstić information content (AvgIpc) is 1.15. The number of nitro benzene ring substituents is 2. The number of methoxy groups -OCH3 is 6. The zero-order valence-corrected chi connectivity index (χ0v) is 64.1. The fraction of sp³-hybridized carbons (Fsp3) is 0.240. The summed E-state index contributed by atoms with van der Waals surface area (Å²) in [5, 5.41) is 66.1. The minimum atomic E-state index is -3.22. The van der Waals surface area contributed by atoms with E-state index in [1.807, 2.05) is 13.8 Å². The molecule has 0 radical (unpaired) electrons. The average molecular weight is 2050 g/mol. The number of carbonyl (C=O) groups is 4. The van der Waals surface area contributed by atoms with E-state index in [0.29, 0.717) is 38.5 Å². The number of carbonyl (C=O) groups excluding carboxylic acids is 3. The molecule has 90 heavy (non-hydrogen) atoms. The first-order chi connectivity index (χ1) is 40.5. The maximum absolute atomic E-state index is 11.4. The van der Waals surface area contributed by atoms with Crippen LogP contribution in [0.2, 0.25) is 5.15 Å². The Hall–Kier alpha value is -6.80. The second-order valence-corrected chi connectivity index (χ2v) is 21.6. The Bertz CT molecular complexity index is 3540. The van der Waals surface area contributed by atoms with E-state index in [2.05, 4.69) is 64.1 Å². The number of aromatic carboxylic acids is 1. The Morgan fingerprint density at radius 1 is 0.600 bits per heavy atom. The molecule has 0 aliphatic rings. The van der Waals surface area contributed by atoms with Crippen LogP contribution in [0.5, 0.6) is 57.5 Å². The van der Waals surface area contributed by atoms with Crippen LogP contribution in [0.15, 0.2) is 78.1 Å². The molecule has 0 aliphatic heterocycles. The number of nitro groups is 2. The van der Waals surface area contributed by atoms with Gasteiger partial charge in [-0.25, -0.2) is 29.3 Å². The Morgan fingerprint density at radius 3 is 1.36 bits per heavy atom. The SMILES string of the molecule is CC.CCOC(=O)c1cc(O)c(OC)cc1N.CCOC(=O)c1cc(O)c(OC)cc1[N+](=O)[O-].COc1cc(C(=O)O)c([N+](=O)[O-])cc1OC.COc1cc2nc[nH]c(=O)c2cc1O.COc1cc2ncnc(Cl)c2cc1O.NC=O.O=P(Cl)(Cl)Cl.[W].[W].[W].[W]. The van der Waals surface area contributed by atoms with Crippen molar-refractivity contribution in [1.82, 2.24) is 19.9 Å². The van der Waals surface area contributed by atoms with Gasteiger partial charge in [-0.3, -0.25) is 34.4 Å². The number of H-pyrrole nitrogens is 1. The molecule has 1 amide bonds. The summed E-state index contributed by atoms with van der Waals surface area (Å²) in [5.74, 6) is -2.32. The predicted molar refractivity (Wildman–Crippen MR) is 316 cm³/mol. The maximum atomic E-state index is 11.4. The van der Waals surface area contributed by atoms with Crippen LogP contribution in [0.25, 0.3) is 21.8 Å². The maximum Gasteiger partial charge on any atom is 0.345 e. The summed E-state index contributed by atoms with van der Waals surface area (Å²) >= 11 is 19.7. The summed E-state index contributed by atoms with van der Waals surface area (Å²) in [7, 11) is 8.19. The number of fused-ring (bicyclic) bond motifs is 2. The molecule has 0 saturated heterocycles. The van der Waals surface area contributed by atoms with Crippen molar-refractivity contribution in [2.45, 2.75) is 27.7 Å². The van der Waals surface area contributed by atoms with Crippen LogP contribution in [-0.4, -0.2) is 136 Å². The molecule has 0 atom stereocenters.